The zero-order valence-corrected chi connectivity index (χ0v) is 7.38. The minimum absolute atomic E-state index is 0.217. The fourth-order valence-corrected chi connectivity index (χ4v) is 1.49. The van der Waals surface area contributed by atoms with Crippen LogP contribution in [-0.2, 0) is 4.79 Å². The van der Waals surface area contributed by atoms with Crippen LogP contribution in [0.15, 0.2) is 17.5 Å². The smallest absolute Gasteiger partial charge is 0.336 e. The van der Waals surface area contributed by atoms with Crippen LogP contribution in [0.5, 0.6) is 0 Å². The molecule has 0 unspecified atom stereocenters. The molecule has 0 fully saturated rings. The maximum atomic E-state index is 10.4. The lowest BCUT2D eigenvalue weighted by Crippen LogP contribution is -2.04. The van der Waals surface area contributed by atoms with E-state index in [1.54, 1.807) is 0 Å². The van der Waals surface area contributed by atoms with E-state index in [2.05, 4.69) is 0 Å². The van der Waals surface area contributed by atoms with Gasteiger partial charge in [-0.1, -0.05) is 0 Å². The first kappa shape index (κ1) is 9.47. The molecule has 0 spiro atoms. The highest BCUT2D eigenvalue weighted by Crippen LogP contribution is 2.15. The van der Waals surface area contributed by atoms with Crippen molar-refractivity contribution in [2.75, 3.05) is 0 Å². The van der Waals surface area contributed by atoms with Crippen molar-refractivity contribution in [3.05, 3.63) is 28.0 Å². The van der Waals surface area contributed by atoms with Gasteiger partial charge in [0.1, 0.15) is 0 Å². The third-order valence-electron chi connectivity index (χ3n) is 1.28. The molecule has 0 aliphatic carbocycles. The van der Waals surface area contributed by atoms with E-state index < -0.39 is 11.9 Å². The van der Waals surface area contributed by atoms with Gasteiger partial charge in [-0.2, -0.15) is 0 Å². The molecule has 0 bridgehead atoms. The van der Waals surface area contributed by atoms with Gasteiger partial charge in [0.15, 0.2) is 0 Å². The van der Waals surface area contributed by atoms with Crippen molar-refractivity contribution in [2.45, 2.75) is 0 Å². The summed E-state index contributed by atoms with van der Waals surface area (Å²) in [4.78, 5) is 21.5. The first-order chi connectivity index (χ1) is 6.09. The molecular weight excluding hydrogens is 190 g/mol. The molecule has 0 radical (unpaired) electrons. The average Bonchev–Trinajstić information content (AvgIpc) is 2.48. The fraction of sp³-hybridized carbons (Fsp3) is 0. The van der Waals surface area contributed by atoms with Crippen molar-refractivity contribution in [3.8, 4) is 0 Å². The van der Waals surface area contributed by atoms with E-state index in [0.717, 1.165) is 0 Å². The van der Waals surface area contributed by atoms with Crippen LogP contribution in [0.2, 0.25) is 0 Å². The zero-order chi connectivity index (χ0) is 9.84. The lowest BCUT2D eigenvalue weighted by Gasteiger charge is -1.82. The summed E-state index contributed by atoms with van der Waals surface area (Å²) in [7, 11) is 0. The Balaban J connectivity index is 2.80. The van der Waals surface area contributed by atoms with Crippen LogP contribution in [0.4, 0.5) is 0 Å². The number of carboxylic acid groups (broad SMARTS) is 1. The van der Waals surface area contributed by atoms with Gasteiger partial charge >= 0.3 is 5.97 Å². The van der Waals surface area contributed by atoms with Gasteiger partial charge in [0.2, 0.25) is 5.91 Å². The number of rotatable bonds is 3. The summed E-state index contributed by atoms with van der Waals surface area (Å²) in [6.07, 6.45) is 2.68. The largest absolute Gasteiger partial charge is 0.478 e. The normalized spacial score (nSPS) is 10.5. The Bertz CT molecular complexity index is 367. The van der Waals surface area contributed by atoms with Gasteiger partial charge in [-0.3, -0.25) is 4.79 Å². The van der Waals surface area contributed by atoms with Crippen LogP contribution in [-0.4, -0.2) is 17.0 Å². The third kappa shape index (κ3) is 2.72. The van der Waals surface area contributed by atoms with Gasteiger partial charge < -0.3 is 10.8 Å². The van der Waals surface area contributed by atoms with Crippen LogP contribution in [0, 0.1) is 0 Å². The molecule has 1 aromatic heterocycles. The average molecular weight is 197 g/mol. The van der Waals surface area contributed by atoms with Crippen LogP contribution in [0.25, 0.3) is 6.08 Å². The Morgan fingerprint density at radius 2 is 2.23 bits per heavy atom. The molecule has 1 aromatic rings. The minimum Gasteiger partial charge on any atom is -0.478 e. The molecule has 3 N–H and O–H groups in total. The first-order valence-electron chi connectivity index (χ1n) is 3.39. The molecule has 1 heterocycles. The van der Waals surface area contributed by atoms with Crippen LogP contribution in [0.1, 0.15) is 15.2 Å². The summed E-state index contributed by atoms with van der Waals surface area (Å²) in [5.41, 5.74) is 5.09. The van der Waals surface area contributed by atoms with E-state index in [1.807, 2.05) is 0 Å². The number of hydrogen-bond acceptors (Lipinski definition) is 3. The van der Waals surface area contributed by atoms with E-state index in [1.165, 1.54) is 34.9 Å². The Morgan fingerprint density at radius 3 is 2.69 bits per heavy atom. The summed E-state index contributed by atoms with van der Waals surface area (Å²) in [5.74, 6) is -1.53. The summed E-state index contributed by atoms with van der Waals surface area (Å²) in [6.45, 7) is 0. The lowest BCUT2D eigenvalue weighted by molar-refractivity contribution is -0.113. The Hall–Kier alpha value is -1.62. The van der Waals surface area contributed by atoms with Crippen molar-refractivity contribution < 1.29 is 14.7 Å². The van der Waals surface area contributed by atoms with Crippen molar-refractivity contribution >= 4 is 29.3 Å². The van der Waals surface area contributed by atoms with E-state index in [-0.39, 0.29) is 5.56 Å². The van der Waals surface area contributed by atoms with Crippen LogP contribution in [0.3, 0.4) is 0 Å². The van der Waals surface area contributed by atoms with E-state index in [4.69, 9.17) is 10.8 Å². The Labute approximate surface area is 78.3 Å². The minimum atomic E-state index is -0.977. The molecule has 0 saturated carbocycles. The lowest BCUT2D eigenvalue weighted by atomic mass is 10.3. The van der Waals surface area contributed by atoms with Crippen LogP contribution >= 0.6 is 11.3 Å². The number of primary amides is 1. The second kappa shape index (κ2) is 3.86. The Kier molecular flexibility index (Phi) is 2.81. The zero-order valence-electron chi connectivity index (χ0n) is 6.56. The number of carbonyl (C=O) groups excluding carboxylic acids is 1. The number of aromatic carboxylic acids is 1. The number of hydrogen-bond donors (Lipinski definition) is 2. The molecule has 13 heavy (non-hydrogen) atoms. The second-order valence-corrected chi connectivity index (χ2v) is 3.22. The van der Waals surface area contributed by atoms with Gasteiger partial charge in [-0.05, 0) is 12.1 Å². The topological polar surface area (TPSA) is 80.4 Å². The summed E-state index contributed by atoms with van der Waals surface area (Å²) in [5, 5.41) is 10.1. The molecule has 0 atom stereocenters. The quantitative estimate of drug-likeness (QED) is 0.708. The molecule has 0 aliphatic rings. The van der Waals surface area contributed by atoms with E-state index >= 15 is 0 Å². The van der Waals surface area contributed by atoms with Crippen molar-refractivity contribution in [3.63, 3.8) is 0 Å². The first-order valence-corrected chi connectivity index (χ1v) is 4.27. The van der Waals surface area contributed by atoms with Crippen molar-refractivity contribution in [1.29, 1.82) is 0 Å². The molecule has 0 aliphatic heterocycles. The molecule has 5 heteroatoms. The standard InChI is InChI=1S/C8H7NO3S/c9-7(10)2-1-6-3-5(4-13-6)8(11)12/h1-4H,(H2,9,10)(H,11,12). The van der Waals surface area contributed by atoms with Gasteiger partial charge in [-0.25, -0.2) is 4.79 Å². The molecule has 0 saturated heterocycles. The number of carboxylic acids is 1. The van der Waals surface area contributed by atoms with E-state index in [0.29, 0.717) is 4.88 Å². The SMILES string of the molecule is NC(=O)C=Cc1cc(C(=O)O)cs1. The summed E-state index contributed by atoms with van der Waals surface area (Å²) < 4.78 is 0. The highest BCUT2D eigenvalue weighted by molar-refractivity contribution is 7.11. The molecule has 1 amide bonds. The van der Waals surface area contributed by atoms with Gasteiger partial charge in [-0.15, -0.1) is 11.3 Å². The third-order valence-corrected chi connectivity index (χ3v) is 2.18. The predicted molar refractivity (Wildman–Crippen MR) is 49.5 cm³/mol. The Morgan fingerprint density at radius 1 is 1.54 bits per heavy atom. The summed E-state index contributed by atoms with van der Waals surface area (Å²) >= 11 is 1.24. The maximum Gasteiger partial charge on any atom is 0.336 e. The number of nitrogens with two attached hydrogens (primary N) is 1. The van der Waals surface area contributed by atoms with Gasteiger partial charge in [0.05, 0.1) is 5.56 Å². The van der Waals surface area contributed by atoms with E-state index in [9.17, 15) is 9.59 Å². The monoisotopic (exact) mass is 197 g/mol. The molecular formula is C8H7NO3S. The molecule has 4 nitrogen and oxygen atoms in total. The molecule has 1 rings (SSSR count). The predicted octanol–water partition coefficient (Wildman–Crippen LogP) is 0.945. The number of carbonyl (C=O) groups is 2. The van der Waals surface area contributed by atoms with Gasteiger partial charge in [0, 0.05) is 16.3 Å². The number of amides is 1. The highest BCUT2D eigenvalue weighted by Gasteiger charge is 2.03. The van der Waals surface area contributed by atoms with Gasteiger partial charge in [0.25, 0.3) is 0 Å². The number of thiophene rings is 1. The fourth-order valence-electron chi connectivity index (χ4n) is 0.717. The van der Waals surface area contributed by atoms with Crippen molar-refractivity contribution in [2.24, 2.45) is 5.73 Å². The molecule has 68 valence electrons. The molecule has 0 aromatic carbocycles. The van der Waals surface area contributed by atoms with Crippen LogP contribution < -0.4 is 5.73 Å². The second-order valence-electron chi connectivity index (χ2n) is 2.28. The highest BCUT2D eigenvalue weighted by atomic mass is 32.1. The van der Waals surface area contributed by atoms with Crippen molar-refractivity contribution in [1.82, 2.24) is 0 Å². The summed E-state index contributed by atoms with van der Waals surface area (Å²) in [6, 6.07) is 1.48. The maximum absolute atomic E-state index is 10.4.